The van der Waals surface area contributed by atoms with Gasteiger partial charge in [-0.25, -0.2) is 22.8 Å². The summed E-state index contributed by atoms with van der Waals surface area (Å²) in [7, 11) is -3.25. The lowest BCUT2D eigenvalue weighted by Crippen LogP contribution is -2.39. The number of ether oxygens (including phenoxy) is 1. The molecule has 2 unspecified atom stereocenters. The van der Waals surface area contributed by atoms with E-state index in [0.29, 0.717) is 5.69 Å². The van der Waals surface area contributed by atoms with E-state index in [2.05, 4.69) is 5.32 Å². The molecule has 0 aromatic heterocycles. The minimum Gasteiger partial charge on any atom is -0.479 e. The van der Waals surface area contributed by atoms with Crippen LogP contribution in [0.2, 0.25) is 0 Å². The van der Waals surface area contributed by atoms with Crippen molar-refractivity contribution in [2.45, 2.75) is 30.1 Å². The molecule has 12 nitrogen and oxygen atoms in total. The van der Waals surface area contributed by atoms with Gasteiger partial charge in [-0.3, -0.25) is 0 Å². The van der Waals surface area contributed by atoms with Crippen LogP contribution in [0.5, 0.6) is 0 Å². The van der Waals surface area contributed by atoms with E-state index in [0.717, 1.165) is 6.26 Å². The number of nitrogens with one attached hydrogen (secondary N) is 1. The van der Waals surface area contributed by atoms with Crippen LogP contribution >= 0.6 is 0 Å². The van der Waals surface area contributed by atoms with Gasteiger partial charge in [0.1, 0.15) is 6.04 Å². The number of carbonyl (C=O) groups excluding carboxylic acids is 1. The van der Waals surface area contributed by atoms with Crippen LogP contribution in [0.3, 0.4) is 0 Å². The van der Waals surface area contributed by atoms with E-state index in [1.54, 1.807) is 6.92 Å². The minimum absolute atomic E-state index is 0.190. The number of aliphatic hydroxyl groups excluding tert-OH is 3. The van der Waals surface area contributed by atoms with Crippen molar-refractivity contribution in [1.82, 2.24) is 0 Å². The zero-order valence-corrected chi connectivity index (χ0v) is 16.4. The molecule has 0 aliphatic carbocycles. The second-order valence-electron chi connectivity index (χ2n) is 5.49. The summed E-state index contributed by atoms with van der Waals surface area (Å²) in [4.78, 5) is 31.2. The number of carboxylic acids is 2. The number of anilines is 1. The summed E-state index contributed by atoms with van der Waals surface area (Å²) in [6.45, 7) is 1.49. The topological polar surface area (TPSA) is 208 Å². The molecular formula is C16H23NO11S. The van der Waals surface area contributed by atoms with E-state index in [4.69, 9.17) is 30.3 Å². The largest absolute Gasteiger partial charge is 0.479 e. The number of carboxylic acid groups (broad SMARTS) is 2. The lowest BCUT2D eigenvalue weighted by molar-refractivity contribution is -0.165. The monoisotopic (exact) mass is 437 g/mol. The molecule has 29 heavy (non-hydrogen) atoms. The highest BCUT2D eigenvalue weighted by atomic mass is 32.2. The van der Waals surface area contributed by atoms with Crippen molar-refractivity contribution in [1.29, 1.82) is 0 Å². The number of hydrogen-bond acceptors (Lipinski definition) is 10. The standard InChI is InChI=1S/C12H17NO5S.C4H6O6/c1-3-18-12(15)11(8-14)13-9-4-6-10(7-5-9)19(2,16)17;5-1(3(7)8)2(6)4(9)10/h4-7,11,13-14H,3,8H2,1-2H3;1-2,5-6H,(H,7,8)(H,9,10)/t11-;/m0./s1. The molecule has 1 rings (SSSR count). The van der Waals surface area contributed by atoms with Gasteiger partial charge in [-0.15, -0.1) is 0 Å². The summed E-state index contributed by atoms with van der Waals surface area (Å²) in [5, 5.41) is 44.4. The van der Waals surface area contributed by atoms with Crippen molar-refractivity contribution in [2.24, 2.45) is 0 Å². The number of sulfone groups is 1. The number of aliphatic carboxylic acids is 2. The molecule has 0 spiro atoms. The maximum absolute atomic E-state index is 11.5. The number of esters is 1. The van der Waals surface area contributed by atoms with Gasteiger partial charge in [-0.2, -0.15) is 0 Å². The van der Waals surface area contributed by atoms with E-state index < -0.39 is 52.6 Å². The minimum atomic E-state index is -3.25. The van der Waals surface area contributed by atoms with E-state index >= 15 is 0 Å². The molecule has 0 saturated heterocycles. The average molecular weight is 437 g/mol. The number of benzene rings is 1. The maximum Gasteiger partial charge on any atom is 0.335 e. The predicted molar refractivity (Wildman–Crippen MR) is 98.0 cm³/mol. The second kappa shape index (κ2) is 12.0. The molecule has 1 aromatic rings. The third-order valence-corrected chi connectivity index (χ3v) is 4.31. The van der Waals surface area contributed by atoms with Crippen LogP contribution in [-0.4, -0.2) is 89.6 Å². The van der Waals surface area contributed by atoms with Crippen LogP contribution in [-0.2, 0) is 29.0 Å². The fourth-order valence-electron chi connectivity index (χ4n) is 1.69. The molecule has 3 atom stereocenters. The van der Waals surface area contributed by atoms with Gasteiger partial charge >= 0.3 is 17.9 Å². The van der Waals surface area contributed by atoms with Crippen LogP contribution in [0.1, 0.15) is 6.92 Å². The zero-order chi connectivity index (χ0) is 22.8. The molecule has 0 radical (unpaired) electrons. The van der Waals surface area contributed by atoms with Crippen LogP contribution in [0, 0.1) is 0 Å². The Balaban J connectivity index is 0.000000665. The van der Waals surface area contributed by atoms with E-state index in [1.807, 2.05) is 0 Å². The first-order valence-electron chi connectivity index (χ1n) is 8.01. The summed E-state index contributed by atoms with van der Waals surface area (Å²) in [6, 6.07) is 5.04. The van der Waals surface area contributed by atoms with E-state index in [1.165, 1.54) is 24.3 Å². The lowest BCUT2D eigenvalue weighted by Gasteiger charge is -2.16. The summed E-state index contributed by atoms with van der Waals surface area (Å²) in [5.41, 5.74) is 0.527. The zero-order valence-electron chi connectivity index (χ0n) is 15.5. The Labute approximate surface area is 166 Å². The van der Waals surface area contributed by atoms with E-state index in [9.17, 15) is 22.8 Å². The summed E-state index contributed by atoms with van der Waals surface area (Å²) in [5.74, 6) is -4.10. The van der Waals surface area contributed by atoms with Gasteiger partial charge in [0.2, 0.25) is 0 Å². The quantitative estimate of drug-likeness (QED) is 0.239. The fourth-order valence-corrected chi connectivity index (χ4v) is 2.32. The van der Waals surface area contributed by atoms with Gasteiger partial charge in [0.25, 0.3) is 0 Å². The number of hydrogen-bond donors (Lipinski definition) is 6. The number of carbonyl (C=O) groups is 3. The molecule has 0 saturated carbocycles. The van der Waals surface area contributed by atoms with Crippen molar-refractivity contribution in [3.05, 3.63) is 24.3 Å². The van der Waals surface area contributed by atoms with Crippen molar-refractivity contribution >= 4 is 33.4 Å². The Hall–Kier alpha value is -2.74. The summed E-state index contributed by atoms with van der Waals surface area (Å²) < 4.78 is 27.4. The Bertz CT molecular complexity index is 774. The van der Waals surface area contributed by atoms with Crippen molar-refractivity contribution in [3.8, 4) is 0 Å². The Morgan fingerprint density at radius 1 is 1.03 bits per heavy atom. The third-order valence-electron chi connectivity index (χ3n) is 3.18. The molecule has 164 valence electrons. The first-order valence-corrected chi connectivity index (χ1v) is 9.90. The van der Waals surface area contributed by atoms with Crippen molar-refractivity contribution in [3.63, 3.8) is 0 Å². The maximum atomic E-state index is 11.5. The van der Waals surface area contributed by atoms with E-state index in [-0.39, 0.29) is 11.5 Å². The highest BCUT2D eigenvalue weighted by molar-refractivity contribution is 7.90. The van der Waals surface area contributed by atoms with Crippen LogP contribution in [0.25, 0.3) is 0 Å². The first-order chi connectivity index (χ1) is 13.3. The Morgan fingerprint density at radius 3 is 1.79 bits per heavy atom. The van der Waals surface area contributed by atoms with Gasteiger partial charge in [-0.05, 0) is 31.2 Å². The Kier molecular flexibility index (Phi) is 10.8. The van der Waals surface area contributed by atoms with Crippen LogP contribution in [0.4, 0.5) is 5.69 Å². The average Bonchev–Trinajstić information content (AvgIpc) is 2.65. The van der Waals surface area contributed by atoms with Crippen molar-refractivity contribution in [2.75, 3.05) is 24.8 Å². The highest BCUT2D eigenvalue weighted by Crippen LogP contribution is 2.15. The van der Waals surface area contributed by atoms with Gasteiger partial charge in [-0.1, -0.05) is 0 Å². The molecule has 0 fully saturated rings. The normalized spacial score (nSPS) is 13.8. The van der Waals surface area contributed by atoms with Gasteiger partial charge in [0.05, 0.1) is 18.1 Å². The summed E-state index contributed by atoms with van der Waals surface area (Å²) >= 11 is 0. The molecule has 1 aromatic carbocycles. The highest BCUT2D eigenvalue weighted by Gasteiger charge is 2.29. The third kappa shape index (κ3) is 9.34. The summed E-state index contributed by atoms with van der Waals surface area (Å²) in [6.07, 6.45) is -3.42. The molecule has 13 heteroatoms. The molecule has 0 bridgehead atoms. The molecule has 0 amide bonds. The first kappa shape index (κ1) is 26.3. The second-order valence-corrected chi connectivity index (χ2v) is 7.51. The number of rotatable bonds is 9. The SMILES string of the molecule is CCOC(=O)[C@H](CO)Nc1ccc(S(C)(=O)=O)cc1.O=C(O)C(O)C(O)C(=O)O. The van der Waals surface area contributed by atoms with Gasteiger partial charge < -0.3 is 35.6 Å². The molecule has 0 aliphatic heterocycles. The molecule has 6 N–H and O–H groups in total. The van der Waals surface area contributed by atoms with Crippen molar-refractivity contribution < 1.29 is 53.1 Å². The lowest BCUT2D eigenvalue weighted by atomic mass is 10.2. The molecule has 0 aliphatic rings. The Morgan fingerprint density at radius 2 is 1.48 bits per heavy atom. The smallest absolute Gasteiger partial charge is 0.335 e. The fraction of sp³-hybridized carbons (Fsp3) is 0.438. The predicted octanol–water partition coefficient (Wildman–Crippen LogP) is -1.70. The van der Waals surface area contributed by atoms with Gasteiger partial charge in [0, 0.05) is 11.9 Å². The van der Waals surface area contributed by atoms with Crippen LogP contribution in [0.15, 0.2) is 29.2 Å². The van der Waals surface area contributed by atoms with Crippen LogP contribution < -0.4 is 5.32 Å². The molecular weight excluding hydrogens is 414 g/mol. The number of aliphatic hydroxyl groups is 3. The van der Waals surface area contributed by atoms with Gasteiger partial charge in [0.15, 0.2) is 22.0 Å². The molecule has 0 heterocycles.